The minimum atomic E-state index is -3.45. The number of halogens is 2. The maximum atomic E-state index is 12.7. The van der Waals surface area contributed by atoms with Crippen LogP contribution in [0.25, 0.3) is 0 Å². The van der Waals surface area contributed by atoms with E-state index in [1.54, 1.807) is 29.4 Å². The first-order valence-corrected chi connectivity index (χ1v) is 8.21. The van der Waals surface area contributed by atoms with Gasteiger partial charge >= 0.3 is 0 Å². The van der Waals surface area contributed by atoms with E-state index in [0.29, 0.717) is 28.6 Å². The second kappa shape index (κ2) is 7.09. The molecule has 7 heteroatoms. The topological polar surface area (TPSA) is 49.4 Å². The molecule has 114 valence electrons. The van der Waals surface area contributed by atoms with Gasteiger partial charge < -0.3 is 5.32 Å². The van der Waals surface area contributed by atoms with Gasteiger partial charge in [-0.05, 0) is 44.5 Å². The van der Waals surface area contributed by atoms with Gasteiger partial charge in [-0.2, -0.15) is 4.31 Å². The molecule has 0 radical (unpaired) electrons. The summed E-state index contributed by atoms with van der Waals surface area (Å²) in [6.45, 7) is 2.84. The lowest BCUT2D eigenvalue weighted by Gasteiger charge is -2.32. The summed E-state index contributed by atoms with van der Waals surface area (Å²) in [5.74, 6) is 0. The number of sulfonamides is 1. The molecule has 1 aromatic carbocycles. The number of piperidine rings is 1. The normalized spacial score (nSPS) is 20.4. The van der Waals surface area contributed by atoms with Crippen molar-refractivity contribution in [2.45, 2.75) is 30.7 Å². The maximum absolute atomic E-state index is 12.7. The molecule has 1 atom stereocenters. The molecule has 0 spiro atoms. The lowest BCUT2D eigenvalue weighted by atomic mass is 10.1. The molecule has 0 aromatic heterocycles. The summed E-state index contributed by atoms with van der Waals surface area (Å²) in [6.07, 6.45) is 1.89. The van der Waals surface area contributed by atoms with Crippen LogP contribution in [0.2, 0.25) is 5.02 Å². The minimum absolute atomic E-state index is 0. The summed E-state index contributed by atoms with van der Waals surface area (Å²) in [5.41, 5.74) is 0.621. The third kappa shape index (κ3) is 3.46. The fraction of sp³-hybridized carbons (Fsp3) is 0.538. The van der Waals surface area contributed by atoms with Gasteiger partial charge in [0.1, 0.15) is 0 Å². The van der Waals surface area contributed by atoms with Gasteiger partial charge in [0.25, 0.3) is 0 Å². The second-order valence-electron chi connectivity index (χ2n) is 4.85. The highest BCUT2D eigenvalue weighted by Gasteiger charge is 2.30. The molecule has 1 aliphatic rings. The van der Waals surface area contributed by atoms with Crippen molar-refractivity contribution in [3.05, 3.63) is 28.8 Å². The molecular weight excluding hydrogens is 319 g/mol. The van der Waals surface area contributed by atoms with E-state index in [1.165, 1.54) is 0 Å². The van der Waals surface area contributed by atoms with Crippen molar-refractivity contribution < 1.29 is 8.42 Å². The summed E-state index contributed by atoms with van der Waals surface area (Å²) in [4.78, 5) is 0.316. The van der Waals surface area contributed by atoms with Crippen LogP contribution in [0.3, 0.4) is 0 Å². The van der Waals surface area contributed by atoms with E-state index in [4.69, 9.17) is 11.6 Å². The number of nitrogens with one attached hydrogen (secondary N) is 1. The average molecular weight is 339 g/mol. The number of rotatable bonds is 3. The highest BCUT2D eigenvalue weighted by atomic mass is 35.5. The Balaban J connectivity index is 0.00000200. The molecule has 1 saturated heterocycles. The van der Waals surface area contributed by atoms with Gasteiger partial charge in [-0.1, -0.05) is 17.7 Å². The summed E-state index contributed by atoms with van der Waals surface area (Å²) >= 11 is 6.02. The van der Waals surface area contributed by atoms with Crippen LogP contribution in [0.5, 0.6) is 0 Å². The van der Waals surface area contributed by atoms with Crippen LogP contribution in [0.4, 0.5) is 0 Å². The van der Waals surface area contributed by atoms with Crippen LogP contribution in [0, 0.1) is 6.92 Å². The first-order valence-electron chi connectivity index (χ1n) is 6.39. The Bertz CT molecular complexity index is 563. The summed E-state index contributed by atoms with van der Waals surface area (Å²) in [6, 6.07) is 5.24. The SMILES string of the molecule is CNC1CCCN(S(=O)(=O)c2cccc(Cl)c2C)C1.Cl. The number of hydrogen-bond acceptors (Lipinski definition) is 3. The quantitative estimate of drug-likeness (QED) is 0.920. The van der Waals surface area contributed by atoms with E-state index >= 15 is 0 Å². The zero-order valence-electron chi connectivity index (χ0n) is 11.6. The predicted molar refractivity (Wildman–Crippen MR) is 84.3 cm³/mol. The molecule has 1 heterocycles. The van der Waals surface area contributed by atoms with Crippen LogP contribution in [0.1, 0.15) is 18.4 Å². The highest BCUT2D eigenvalue weighted by molar-refractivity contribution is 7.89. The van der Waals surface area contributed by atoms with E-state index in [0.717, 1.165) is 12.8 Å². The van der Waals surface area contributed by atoms with Gasteiger partial charge in [0, 0.05) is 24.2 Å². The molecule has 20 heavy (non-hydrogen) atoms. The van der Waals surface area contributed by atoms with Crippen LogP contribution < -0.4 is 5.32 Å². The fourth-order valence-electron chi connectivity index (χ4n) is 2.40. The van der Waals surface area contributed by atoms with E-state index in [-0.39, 0.29) is 18.4 Å². The smallest absolute Gasteiger partial charge is 0.243 e. The molecule has 4 nitrogen and oxygen atoms in total. The third-order valence-electron chi connectivity index (χ3n) is 3.63. The Hall–Kier alpha value is -0.330. The number of nitrogens with zero attached hydrogens (tertiary/aromatic N) is 1. The summed E-state index contributed by atoms with van der Waals surface area (Å²) < 4.78 is 26.9. The third-order valence-corrected chi connectivity index (χ3v) is 6.05. The van der Waals surface area contributed by atoms with Crippen molar-refractivity contribution in [3.63, 3.8) is 0 Å². The molecular formula is C13H20Cl2N2O2S. The zero-order valence-corrected chi connectivity index (χ0v) is 14.0. The van der Waals surface area contributed by atoms with Crippen LogP contribution in [0.15, 0.2) is 23.1 Å². The van der Waals surface area contributed by atoms with Gasteiger partial charge in [-0.3, -0.25) is 0 Å². The van der Waals surface area contributed by atoms with Gasteiger partial charge in [-0.25, -0.2) is 8.42 Å². The molecule has 0 bridgehead atoms. The van der Waals surface area contributed by atoms with Crippen LogP contribution >= 0.6 is 24.0 Å². The van der Waals surface area contributed by atoms with Crippen LogP contribution in [-0.2, 0) is 10.0 Å². The number of hydrogen-bond donors (Lipinski definition) is 1. The lowest BCUT2D eigenvalue weighted by Crippen LogP contribution is -2.46. The first-order chi connectivity index (χ1) is 8.96. The van der Waals surface area contributed by atoms with Gasteiger partial charge in [0.2, 0.25) is 10.0 Å². The van der Waals surface area contributed by atoms with Crippen LogP contribution in [-0.4, -0.2) is 38.9 Å². The molecule has 1 fully saturated rings. The van der Waals surface area contributed by atoms with Gasteiger partial charge in [0.05, 0.1) is 4.90 Å². The second-order valence-corrected chi connectivity index (χ2v) is 7.17. The Morgan fingerprint density at radius 3 is 2.75 bits per heavy atom. The Labute approximate surface area is 132 Å². The molecule has 0 aliphatic carbocycles. The molecule has 0 saturated carbocycles. The Morgan fingerprint density at radius 1 is 1.40 bits per heavy atom. The summed E-state index contributed by atoms with van der Waals surface area (Å²) in [7, 11) is -1.58. The van der Waals surface area contributed by atoms with E-state index < -0.39 is 10.0 Å². The molecule has 1 aliphatic heterocycles. The highest BCUT2D eigenvalue weighted by Crippen LogP contribution is 2.27. The standard InChI is InChI=1S/C13H19ClN2O2S.ClH/c1-10-12(14)6-3-7-13(10)19(17,18)16-8-4-5-11(9-16)15-2;/h3,6-7,11,15H,4-5,8-9H2,1-2H3;1H. The van der Waals surface area contributed by atoms with Gasteiger partial charge in [-0.15, -0.1) is 12.4 Å². The Morgan fingerprint density at radius 2 is 2.10 bits per heavy atom. The molecule has 1 N–H and O–H groups in total. The average Bonchev–Trinajstić information content (AvgIpc) is 2.41. The van der Waals surface area contributed by atoms with Crippen molar-refractivity contribution >= 4 is 34.0 Å². The van der Waals surface area contributed by atoms with E-state index in [2.05, 4.69) is 5.32 Å². The van der Waals surface area contributed by atoms with Crippen molar-refractivity contribution in [1.29, 1.82) is 0 Å². The van der Waals surface area contributed by atoms with Crippen molar-refractivity contribution in [3.8, 4) is 0 Å². The molecule has 1 aromatic rings. The number of likely N-dealkylation sites (N-methyl/N-ethyl adjacent to an activating group) is 1. The molecule has 1 unspecified atom stereocenters. The summed E-state index contributed by atoms with van der Waals surface area (Å²) in [5, 5.41) is 3.64. The van der Waals surface area contributed by atoms with Crippen molar-refractivity contribution in [2.24, 2.45) is 0 Å². The largest absolute Gasteiger partial charge is 0.316 e. The molecule has 0 amide bonds. The zero-order chi connectivity index (χ0) is 14.0. The van der Waals surface area contributed by atoms with E-state index in [1.807, 2.05) is 7.05 Å². The van der Waals surface area contributed by atoms with E-state index in [9.17, 15) is 8.42 Å². The van der Waals surface area contributed by atoms with Crippen molar-refractivity contribution in [1.82, 2.24) is 9.62 Å². The first kappa shape index (κ1) is 17.7. The monoisotopic (exact) mass is 338 g/mol. The fourth-order valence-corrected chi connectivity index (χ4v) is 4.40. The number of benzene rings is 1. The predicted octanol–water partition coefficient (Wildman–Crippen LogP) is 2.44. The lowest BCUT2D eigenvalue weighted by molar-refractivity contribution is 0.292. The maximum Gasteiger partial charge on any atom is 0.243 e. The minimum Gasteiger partial charge on any atom is -0.316 e. The Kier molecular flexibility index (Phi) is 6.28. The van der Waals surface area contributed by atoms with Gasteiger partial charge in [0.15, 0.2) is 0 Å². The van der Waals surface area contributed by atoms with Crippen molar-refractivity contribution in [2.75, 3.05) is 20.1 Å². The molecule has 2 rings (SSSR count).